The normalized spacial score (nSPS) is 10.7. The Kier molecular flexibility index (Phi) is 2.56. The Morgan fingerprint density at radius 2 is 2.29 bits per heavy atom. The molecule has 0 saturated carbocycles. The molecule has 0 atom stereocenters. The molecule has 5 heteroatoms. The topological polar surface area (TPSA) is 58.9 Å². The monoisotopic (exact) mass is 194 g/mol. The van der Waals surface area contributed by atoms with E-state index in [0.29, 0.717) is 0 Å². The quantitative estimate of drug-likeness (QED) is 0.615. The molecule has 0 bridgehead atoms. The predicted octanol–water partition coefficient (Wildman–Crippen LogP) is 0.599. The Balaban J connectivity index is 2.74. The van der Waals surface area contributed by atoms with Crippen LogP contribution in [-0.2, 0) is 11.8 Å². The van der Waals surface area contributed by atoms with Gasteiger partial charge in [-0.1, -0.05) is 0 Å². The molecule has 0 radical (unpaired) electrons. The van der Waals surface area contributed by atoms with E-state index < -0.39 is 11.7 Å². The summed E-state index contributed by atoms with van der Waals surface area (Å²) in [4.78, 5) is 11.4. The highest BCUT2D eigenvalue weighted by Gasteiger charge is 2.25. The lowest BCUT2D eigenvalue weighted by atomic mass is 10.2. The van der Waals surface area contributed by atoms with E-state index in [9.17, 15) is 4.79 Å². The molecule has 0 aliphatic rings. The van der Waals surface area contributed by atoms with Crippen molar-refractivity contribution in [1.29, 1.82) is 5.26 Å². The van der Waals surface area contributed by atoms with Crippen molar-refractivity contribution < 1.29 is 14.1 Å². The van der Waals surface area contributed by atoms with E-state index in [4.69, 9.17) is 10.00 Å². The number of ether oxygens (including phenoxy) is 1. The van der Waals surface area contributed by atoms with Gasteiger partial charge >= 0.3 is 6.09 Å². The molecule has 1 aromatic heterocycles. The van der Waals surface area contributed by atoms with Crippen molar-refractivity contribution in [2.75, 3.05) is 0 Å². The van der Waals surface area contributed by atoms with Crippen LogP contribution in [0.25, 0.3) is 0 Å². The number of aryl methyl sites for hydroxylation is 1. The summed E-state index contributed by atoms with van der Waals surface area (Å²) in [5, 5.41) is 8.65. The molecule has 0 aliphatic heterocycles. The molecule has 1 aromatic rings. The fourth-order valence-corrected chi connectivity index (χ4v) is 0.852. The minimum atomic E-state index is -1.10. The zero-order valence-corrected chi connectivity index (χ0v) is 8.39. The van der Waals surface area contributed by atoms with Crippen LogP contribution in [-0.4, -0.2) is 16.3 Å². The number of hydrogen-bond acceptors (Lipinski definition) is 3. The molecule has 1 heterocycles. The summed E-state index contributed by atoms with van der Waals surface area (Å²) in [7, 11) is 1.79. The number of nitriles is 1. The first-order valence-corrected chi connectivity index (χ1v) is 4.12. The van der Waals surface area contributed by atoms with Gasteiger partial charge in [-0.15, -0.1) is 4.57 Å². The van der Waals surface area contributed by atoms with Crippen LogP contribution in [0.2, 0.25) is 0 Å². The largest absolute Gasteiger partial charge is 0.513 e. The molecule has 5 nitrogen and oxygen atoms in total. The lowest BCUT2D eigenvalue weighted by molar-refractivity contribution is -0.670. The molecular weight excluding hydrogens is 182 g/mol. The van der Waals surface area contributed by atoms with Crippen LogP contribution in [0, 0.1) is 11.3 Å². The van der Waals surface area contributed by atoms with E-state index >= 15 is 0 Å². The molecular formula is C9H12N3O2+. The van der Waals surface area contributed by atoms with Crippen LogP contribution < -0.4 is 4.57 Å². The van der Waals surface area contributed by atoms with E-state index in [2.05, 4.69) is 0 Å². The van der Waals surface area contributed by atoms with E-state index in [1.54, 1.807) is 30.3 Å². The summed E-state index contributed by atoms with van der Waals surface area (Å²) in [6.45, 7) is 3.07. The Morgan fingerprint density at radius 1 is 1.64 bits per heavy atom. The van der Waals surface area contributed by atoms with Crippen molar-refractivity contribution in [2.45, 2.75) is 19.4 Å². The number of carbonyl (C=O) groups excluding carboxylic acids is 1. The van der Waals surface area contributed by atoms with Crippen molar-refractivity contribution in [3.05, 3.63) is 18.7 Å². The first-order valence-electron chi connectivity index (χ1n) is 4.12. The lowest BCUT2D eigenvalue weighted by Gasteiger charge is -2.13. The summed E-state index contributed by atoms with van der Waals surface area (Å²) < 4.78 is 7.92. The summed E-state index contributed by atoms with van der Waals surface area (Å²) >= 11 is 0. The average molecular weight is 194 g/mol. The van der Waals surface area contributed by atoms with Gasteiger partial charge in [0.25, 0.3) is 6.33 Å². The van der Waals surface area contributed by atoms with Crippen LogP contribution in [0.1, 0.15) is 13.8 Å². The lowest BCUT2D eigenvalue weighted by Crippen LogP contribution is -2.30. The van der Waals surface area contributed by atoms with Crippen molar-refractivity contribution in [2.24, 2.45) is 7.05 Å². The summed E-state index contributed by atoms with van der Waals surface area (Å²) in [6, 6.07) is 1.89. The maximum atomic E-state index is 11.4. The first-order chi connectivity index (χ1) is 6.44. The molecule has 0 unspecified atom stereocenters. The van der Waals surface area contributed by atoms with Gasteiger partial charge in [-0.25, -0.2) is 4.57 Å². The van der Waals surface area contributed by atoms with Gasteiger partial charge in [0, 0.05) is 0 Å². The zero-order chi connectivity index (χ0) is 10.8. The van der Waals surface area contributed by atoms with E-state index in [1.807, 2.05) is 6.07 Å². The molecule has 14 heavy (non-hydrogen) atoms. The van der Waals surface area contributed by atoms with Crippen molar-refractivity contribution in [1.82, 2.24) is 4.57 Å². The maximum absolute atomic E-state index is 11.4. The molecule has 0 saturated heterocycles. The Morgan fingerprint density at radius 3 is 2.71 bits per heavy atom. The van der Waals surface area contributed by atoms with Crippen molar-refractivity contribution in [3.63, 3.8) is 0 Å². The molecule has 0 aliphatic carbocycles. The van der Waals surface area contributed by atoms with Gasteiger partial charge in [-0.3, -0.25) is 0 Å². The van der Waals surface area contributed by atoms with Crippen LogP contribution in [0.15, 0.2) is 18.7 Å². The number of rotatable bonds is 1. The number of imidazole rings is 1. The Bertz CT molecular complexity index is 387. The van der Waals surface area contributed by atoms with Gasteiger partial charge in [-0.2, -0.15) is 10.1 Å². The molecule has 0 fully saturated rings. The molecule has 74 valence electrons. The highest BCUT2D eigenvalue weighted by molar-refractivity contribution is 5.70. The summed E-state index contributed by atoms with van der Waals surface area (Å²) in [5.41, 5.74) is -1.10. The second-order valence-corrected chi connectivity index (χ2v) is 3.48. The number of hydrogen-bond donors (Lipinski definition) is 0. The predicted molar refractivity (Wildman–Crippen MR) is 47.2 cm³/mol. The molecule has 0 spiro atoms. The van der Waals surface area contributed by atoms with Crippen molar-refractivity contribution >= 4 is 6.09 Å². The van der Waals surface area contributed by atoms with Gasteiger partial charge < -0.3 is 4.74 Å². The zero-order valence-electron chi connectivity index (χ0n) is 8.39. The SMILES string of the molecule is C[n+]1ccn(C(=O)OC(C)(C)C#N)c1. The fraction of sp³-hybridized carbons (Fsp3) is 0.444. The van der Waals surface area contributed by atoms with Crippen LogP contribution in [0.4, 0.5) is 4.79 Å². The summed E-state index contributed by atoms with van der Waals surface area (Å²) in [6.07, 6.45) is 4.28. The van der Waals surface area contributed by atoms with Crippen LogP contribution in [0.5, 0.6) is 0 Å². The van der Waals surface area contributed by atoms with E-state index in [1.165, 1.54) is 18.4 Å². The minimum Gasteiger partial charge on any atom is -0.409 e. The number of aromatic nitrogens is 2. The summed E-state index contributed by atoms with van der Waals surface area (Å²) in [5.74, 6) is 0. The highest BCUT2D eigenvalue weighted by atomic mass is 16.6. The third kappa shape index (κ3) is 2.33. The highest BCUT2D eigenvalue weighted by Crippen LogP contribution is 2.08. The van der Waals surface area contributed by atoms with Gasteiger partial charge in [0.05, 0.1) is 7.05 Å². The van der Waals surface area contributed by atoms with Crippen LogP contribution in [0.3, 0.4) is 0 Å². The molecule has 1 rings (SSSR count). The van der Waals surface area contributed by atoms with E-state index in [-0.39, 0.29) is 0 Å². The average Bonchev–Trinajstić information content (AvgIpc) is 2.51. The molecule has 0 N–H and O–H groups in total. The minimum absolute atomic E-state index is 0.558. The van der Waals surface area contributed by atoms with Crippen molar-refractivity contribution in [3.8, 4) is 6.07 Å². The standard InChI is InChI=1S/C9H12N3O2/c1-9(2,6-10)14-8(13)12-5-4-11(3)7-12/h4-5,7H,1-3H3/q+1. The van der Waals surface area contributed by atoms with Gasteiger partial charge in [0.2, 0.25) is 0 Å². The van der Waals surface area contributed by atoms with Gasteiger partial charge in [0.15, 0.2) is 5.60 Å². The first kappa shape index (κ1) is 10.3. The maximum Gasteiger partial charge on any atom is 0.513 e. The second kappa shape index (κ2) is 3.50. The van der Waals surface area contributed by atoms with Gasteiger partial charge in [0.1, 0.15) is 18.5 Å². The molecule has 0 amide bonds. The van der Waals surface area contributed by atoms with Crippen LogP contribution >= 0.6 is 0 Å². The van der Waals surface area contributed by atoms with Gasteiger partial charge in [-0.05, 0) is 13.8 Å². The Hall–Kier alpha value is -1.83. The number of nitrogens with zero attached hydrogens (tertiary/aromatic N) is 3. The second-order valence-electron chi connectivity index (χ2n) is 3.48. The fourth-order valence-electron chi connectivity index (χ4n) is 0.852. The molecule has 0 aromatic carbocycles. The number of carbonyl (C=O) groups is 1. The Labute approximate surface area is 82.1 Å². The van der Waals surface area contributed by atoms with E-state index in [0.717, 1.165) is 0 Å². The third-order valence-corrected chi connectivity index (χ3v) is 1.59. The third-order valence-electron chi connectivity index (χ3n) is 1.59. The smallest absolute Gasteiger partial charge is 0.409 e.